The van der Waals surface area contributed by atoms with Crippen LogP contribution in [0.5, 0.6) is 0 Å². The van der Waals surface area contributed by atoms with Crippen LogP contribution in [0.4, 0.5) is 4.79 Å². The standard InChI is InChI=1S/C9H18N2O3/c1-4-5-10-9(14)11-7(6(2)3)8(12)13/h6-7H,4-5H2,1-3H3,(H,12,13)(H2,10,11,14)/t7-/m0/s1. The lowest BCUT2D eigenvalue weighted by atomic mass is 10.1. The fraction of sp³-hybridized carbons (Fsp3) is 0.778. The van der Waals surface area contributed by atoms with E-state index in [9.17, 15) is 9.59 Å². The molecule has 0 fully saturated rings. The number of carbonyl (C=O) groups excluding carboxylic acids is 1. The topological polar surface area (TPSA) is 78.4 Å². The van der Waals surface area contributed by atoms with Crippen molar-refractivity contribution >= 4 is 12.0 Å². The summed E-state index contributed by atoms with van der Waals surface area (Å²) in [6.45, 7) is 5.98. The molecule has 0 rings (SSSR count). The molecule has 0 saturated heterocycles. The predicted octanol–water partition coefficient (Wildman–Crippen LogP) is 0.805. The first-order valence-electron chi connectivity index (χ1n) is 4.76. The third-order valence-corrected chi connectivity index (χ3v) is 1.75. The Kier molecular flexibility index (Phi) is 5.67. The lowest BCUT2D eigenvalue weighted by Crippen LogP contribution is -2.48. The van der Waals surface area contributed by atoms with Crippen LogP contribution in [0.2, 0.25) is 0 Å². The first-order valence-corrected chi connectivity index (χ1v) is 4.76. The zero-order valence-corrected chi connectivity index (χ0v) is 8.83. The van der Waals surface area contributed by atoms with E-state index in [0.717, 1.165) is 6.42 Å². The molecular formula is C9H18N2O3. The van der Waals surface area contributed by atoms with Crippen molar-refractivity contribution in [3.63, 3.8) is 0 Å². The molecule has 5 heteroatoms. The summed E-state index contributed by atoms with van der Waals surface area (Å²) >= 11 is 0. The number of hydrogen-bond acceptors (Lipinski definition) is 2. The van der Waals surface area contributed by atoms with Gasteiger partial charge in [0.15, 0.2) is 0 Å². The van der Waals surface area contributed by atoms with Crippen LogP contribution >= 0.6 is 0 Å². The average molecular weight is 202 g/mol. The van der Waals surface area contributed by atoms with Crippen LogP contribution < -0.4 is 10.6 Å². The Labute approximate surface area is 83.9 Å². The molecule has 0 heterocycles. The van der Waals surface area contributed by atoms with Crippen LogP contribution in [0.1, 0.15) is 27.2 Å². The Bertz CT molecular complexity index is 204. The normalized spacial score (nSPS) is 12.3. The number of rotatable bonds is 5. The molecule has 0 bridgehead atoms. The van der Waals surface area contributed by atoms with Crippen molar-refractivity contribution in [2.45, 2.75) is 33.2 Å². The first kappa shape index (κ1) is 12.7. The number of carboxylic acid groups (broad SMARTS) is 1. The monoisotopic (exact) mass is 202 g/mol. The van der Waals surface area contributed by atoms with Crippen molar-refractivity contribution in [1.82, 2.24) is 10.6 Å². The molecule has 0 spiro atoms. The van der Waals surface area contributed by atoms with Crippen LogP contribution in [0, 0.1) is 5.92 Å². The molecule has 0 aromatic rings. The molecule has 0 unspecified atom stereocenters. The average Bonchev–Trinajstić information content (AvgIpc) is 2.09. The molecule has 0 aliphatic carbocycles. The van der Waals surface area contributed by atoms with Gasteiger partial charge in [0, 0.05) is 6.54 Å². The Morgan fingerprint density at radius 2 is 1.93 bits per heavy atom. The largest absolute Gasteiger partial charge is 0.480 e. The van der Waals surface area contributed by atoms with Crippen molar-refractivity contribution < 1.29 is 14.7 Å². The summed E-state index contributed by atoms with van der Waals surface area (Å²) in [6.07, 6.45) is 0.826. The maximum Gasteiger partial charge on any atom is 0.326 e. The molecule has 14 heavy (non-hydrogen) atoms. The van der Waals surface area contributed by atoms with Gasteiger partial charge in [0.25, 0.3) is 0 Å². The summed E-state index contributed by atoms with van der Waals surface area (Å²) in [4.78, 5) is 21.8. The Hall–Kier alpha value is -1.26. The summed E-state index contributed by atoms with van der Waals surface area (Å²) in [7, 11) is 0. The quantitative estimate of drug-likeness (QED) is 0.617. The zero-order chi connectivity index (χ0) is 11.1. The third-order valence-electron chi connectivity index (χ3n) is 1.75. The molecule has 2 amide bonds. The number of carbonyl (C=O) groups is 2. The molecule has 0 aliphatic heterocycles. The predicted molar refractivity (Wildman–Crippen MR) is 53.1 cm³/mol. The van der Waals surface area contributed by atoms with Gasteiger partial charge in [-0.2, -0.15) is 0 Å². The van der Waals surface area contributed by atoms with Gasteiger partial charge in [-0.05, 0) is 12.3 Å². The summed E-state index contributed by atoms with van der Waals surface area (Å²) in [6, 6.07) is -1.25. The molecule has 0 radical (unpaired) electrons. The van der Waals surface area contributed by atoms with Gasteiger partial charge >= 0.3 is 12.0 Å². The van der Waals surface area contributed by atoms with E-state index >= 15 is 0 Å². The number of hydrogen-bond donors (Lipinski definition) is 3. The minimum Gasteiger partial charge on any atom is -0.480 e. The molecule has 0 aliphatic rings. The van der Waals surface area contributed by atoms with E-state index in [1.54, 1.807) is 13.8 Å². The van der Waals surface area contributed by atoms with Crippen LogP contribution in [-0.4, -0.2) is 29.7 Å². The highest BCUT2D eigenvalue weighted by Gasteiger charge is 2.22. The van der Waals surface area contributed by atoms with Crippen molar-refractivity contribution in [2.75, 3.05) is 6.54 Å². The van der Waals surface area contributed by atoms with Gasteiger partial charge in [0.2, 0.25) is 0 Å². The molecule has 1 atom stereocenters. The molecule has 0 aromatic carbocycles. The lowest BCUT2D eigenvalue weighted by molar-refractivity contribution is -0.140. The van der Waals surface area contributed by atoms with Crippen LogP contribution in [0.3, 0.4) is 0 Å². The molecule has 0 saturated carbocycles. The van der Waals surface area contributed by atoms with Crippen molar-refractivity contribution in [2.24, 2.45) is 5.92 Å². The minimum atomic E-state index is -1.01. The summed E-state index contributed by atoms with van der Waals surface area (Å²) in [5.41, 5.74) is 0. The second-order valence-electron chi connectivity index (χ2n) is 3.46. The molecule has 82 valence electrons. The third kappa shape index (κ3) is 4.69. The lowest BCUT2D eigenvalue weighted by Gasteiger charge is -2.17. The van der Waals surface area contributed by atoms with E-state index in [0.29, 0.717) is 6.54 Å². The van der Waals surface area contributed by atoms with Gasteiger partial charge in [0.1, 0.15) is 6.04 Å². The fourth-order valence-corrected chi connectivity index (χ4v) is 0.944. The molecule has 0 aromatic heterocycles. The van der Waals surface area contributed by atoms with Gasteiger partial charge in [-0.3, -0.25) is 0 Å². The van der Waals surface area contributed by atoms with Crippen molar-refractivity contribution in [3.8, 4) is 0 Å². The van der Waals surface area contributed by atoms with Crippen LogP contribution in [-0.2, 0) is 4.79 Å². The highest BCUT2D eigenvalue weighted by atomic mass is 16.4. The highest BCUT2D eigenvalue weighted by Crippen LogP contribution is 2.00. The SMILES string of the molecule is CCCNC(=O)N[C@H](C(=O)O)C(C)C. The summed E-state index contributed by atoms with van der Waals surface area (Å²) in [5, 5.41) is 13.7. The van der Waals surface area contributed by atoms with Crippen molar-refractivity contribution in [3.05, 3.63) is 0 Å². The van der Waals surface area contributed by atoms with Crippen LogP contribution in [0.25, 0.3) is 0 Å². The Balaban J connectivity index is 4.04. The number of carboxylic acids is 1. The smallest absolute Gasteiger partial charge is 0.326 e. The van der Waals surface area contributed by atoms with Gasteiger partial charge < -0.3 is 15.7 Å². The second-order valence-corrected chi connectivity index (χ2v) is 3.46. The first-order chi connectivity index (χ1) is 6.49. The van der Waals surface area contributed by atoms with Gasteiger partial charge in [-0.15, -0.1) is 0 Å². The number of amides is 2. The molecule has 3 N–H and O–H groups in total. The minimum absolute atomic E-state index is 0.125. The maximum absolute atomic E-state index is 11.1. The summed E-state index contributed by atoms with van der Waals surface area (Å²) < 4.78 is 0. The molecular weight excluding hydrogens is 184 g/mol. The highest BCUT2D eigenvalue weighted by molar-refractivity contribution is 5.82. The van der Waals surface area contributed by atoms with E-state index in [-0.39, 0.29) is 5.92 Å². The second kappa shape index (κ2) is 6.23. The van der Waals surface area contributed by atoms with Gasteiger partial charge in [-0.25, -0.2) is 9.59 Å². The number of nitrogens with one attached hydrogen (secondary N) is 2. The van der Waals surface area contributed by atoms with Gasteiger partial charge in [-0.1, -0.05) is 20.8 Å². The Morgan fingerprint density at radius 1 is 1.36 bits per heavy atom. The zero-order valence-electron chi connectivity index (χ0n) is 8.83. The van der Waals surface area contributed by atoms with Crippen LogP contribution in [0.15, 0.2) is 0 Å². The Morgan fingerprint density at radius 3 is 2.29 bits per heavy atom. The van der Waals surface area contributed by atoms with E-state index in [1.807, 2.05) is 6.92 Å². The van der Waals surface area contributed by atoms with E-state index in [2.05, 4.69) is 10.6 Å². The van der Waals surface area contributed by atoms with E-state index < -0.39 is 18.0 Å². The molecule has 5 nitrogen and oxygen atoms in total. The van der Waals surface area contributed by atoms with Gasteiger partial charge in [0.05, 0.1) is 0 Å². The number of aliphatic carboxylic acids is 1. The number of urea groups is 1. The van der Waals surface area contributed by atoms with E-state index in [1.165, 1.54) is 0 Å². The fourth-order valence-electron chi connectivity index (χ4n) is 0.944. The van der Waals surface area contributed by atoms with Crippen molar-refractivity contribution in [1.29, 1.82) is 0 Å². The maximum atomic E-state index is 11.1. The summed E-state index contributed by atoms with van der Waals surface area (Å²) in [5.74, 6) is -1.13. The van der Waals surface area contributed by atoms with E-state index in [4.69, 9.17) is 5.11 Å².